The molecule has 0 heterocycles. The minimum atomic E-state index is -0.923. The topological polar surface area (TPSA) is 37.3 Å². The van der Waals surface area contributed by atoms with Crippen LogP contribution in [0.5, 0.6) is 0 Å². The van der Waals surface area contributed by atoms with Crippen LogP contribution in [0.4, 0.5) is 0 Å². The van der Waals surface area contributed by atoms with E-state index in [4.69, 9.17) is 0 Å². The molecular weight excluding hydrogens is 176 g/mol. The summed E-state index contributed by atoms with van der Waals surface area (Å²) in [6, 6.07) is 8.84. The van der Waals surface area contributed by atoms with Crippen LogP contribution in [0.2, 0.25) is 0 Å². The molecular formula is C12H14O2. The van der Waals surface area contributed by atoms with Crippen molar-refractivity contribution >= 4 is 5.78 Å². The lowest BCUT2D eigenvalue weighted by Crippen LogP contribution is -2.19. The first kappa shape index (κ1) is 10.7. The Hall–Kier alpha value is -1.41. The van der Waals surface area contributed by atoms with Crippen LogP contribution in [0.25, 0.3) is 0 Å². The second-order valence-corrected chi connectivity index (χ2v) is 3.05. The van der Waals surface area contributed by atoms with Gasteiger partial charge in [-0.25, -0.2) is 0 Å². The van der Waals surface area contributed by atoms with E-state index >= 15 is 0 Å². The average Bonchev–Trinajstić information content (AvgIpc) is 2.26. The lowest BCUT2D eigenvalue weighted by Gasteiger charge is -2.06. The van der Waals surface area contributed by atoms with Gasteiger partial charge in [-0.2, -0.15) is 0 Å². The molecule has 2 nitrogen and oxygen atoms in total. The molecule has 0 bridgehead atoms. The number of Topliss-reactive ketones (excluding diaryl/α,β-unsaturated/α-hetero) is 1. The van der Waals surface area contributed by atoms with E-state index in [1.165, 1.54) is 0 Å². The molecule has 1 N–H and O–H groups in total. The summed E-state index contributed by atoms with van der Waals surface area (Å²) in [6.45, 7) is 1.86. The van der Waals surface area contributed by atoms with E-state index in [0.717, 1.165) is 0 Å². The molecule has 0 aliphatic heterocycles. The summed E-state index contributed by atoms with van der Waals surface area (Å²) in [5.41, 5.74) is 0.560. The molecule has 14 heavy (non-hydrogen) atoms. The second kappa shape index (κ2) is 5.35. The van der Waals surface area contributed by atoms with Crippen LogP contribution < -0.4 is 0 Å². The largest absolute Gasteiger partial charge is 0.385 e. The predicted molar refractivity (Wildman–Crippen MR) is 56.2 cm³/mol. The van der Waals surface area contributed by atoms with E-state index in [1.807, 2.05) is 19.1 Å². The minimum Gasteiger partial charge on any atom is -0.385 e. The third-order valence-corrected chi connectivity index (χ3v) is 1.96. The number of ketones is 1. The van der Waals surface area contributed by atoms with Gasteiger partial charge in [0.05, 0.1) is 0 Å². The number of hydrogen-bond donors (Lipinski definition) is 1. The maximum absolute atomic E-state index is 11.6. The highest BCUT2D eigenvalue weighted by atomic mass is 16.3. The van der Waals surface area contributed by atoms with Crippen LogP contribution >= 0.6 is 0 Å². The van der Waals surface area contributed by atoms with E-state index < -0.39 is 6.10 Å². The summed E-state index contributed by atoms with van der Waals surface area (Å²) in [4.78, 5) is 11.6. The molecule has 1 rings (SSSR count). The van der Waals surface area contributed by atoms with Gasteiger partial charge in [-0.05, 0) is 13.3 Å². The second-order valence-electron chi connectivity index (χ2n) is 3.05. The maximum atomic E-state index is 11.6. The van der Waals surface area contributed by atoms with Crippen molar-refractivity contribution in [2.45, 2.75) is 19.4 Å². The van der Waals surface area contributed by atoms with Crippen LogP contribution in [0.1, 0.15) is 23.7 Å². The molecule has 0 saturated heterocycles. The summed E-state index contributed by atoms with van der Waals surface area (Å²) in [5.74, 6) is -0.219. The molecule has 2 heteroatoms. The van der Waals surface area contributed by atoms with Crippen LogP contribution in [0.3, 0.4) is 0 Å². The summed E-state index contributed by atoms with van der Waals surface area (Å²) >= 11 is 0. The van der Waals surface area contributed by atoms with Crippen LogP contribution in [0.15, 0.2) is 42.5 Å². The Bertz CT molecular complexity index is 314. The van der Waals surface area contributed by atoms with Gasteiger partial charge in [0.15, 0.2) is 5.78 Å². The van der Waals surface area contributed by atoms with Crippen molar-refractivity contribution in [2.75, 3.05) is 0 Å². The summed E-state index contributed by atoms with van der Waals surface area (Å²) in [7, 11) is 0. The zero-order chi connectivity index (χ0) is 10.4. The smallest absolute Gasteiger partial charge is 0.191 e. The molecule has 0 saturated carbocycles. The highest BCUT2D eigenvalue weighted by Gasteiger charge is 2.14. The fraction of sp³-hybridized carbons (Fsp3) is 0.250. The normalized spacial score (nSPS) is 13.0. The standard InChI is InChI=1S/C12H14O2/c1-2-3-9-11(13)12(14)10-7-5-4-6-8-10/h2-8,11,13H,9H2,1H3. The molecule has 1 unspecified atom stereocenters. The zero-order valence-corrected chi connectivity index (χ0v) is 8.18. The van der Waals surface area contributed by atoms with E-state index in [0.29, 0.717) is 12.0 Å². The van der Waals surface area contributed by atoms with E-state index in [2.05, 4.69) is 0 Å². The maximum Gasteiger partial charge on any atom is 0.191 e. The van der Waals surface area contributed by atoms with Gasteiger partial charge in [-0.3, -0.25) is 4.79 Å². The first-order chi connectivity index (χ1) is 6.75. The van der Waals surface area contributed by atoms with Gasteiger partial charge < -0.3 is 5.11 Å². The Kier molecular flexibility index (Phi) is 4.08. The quantitative estimate of drug-likeness (QED) is 0.583. The number of benzene rings is 1. The number of aliphatic hydroxyl groups is 1. The molecule has 0 radical (unpaired) electrons. The molecule has 0 aliphatic carbocycles. The Morgan fingerprint density at radius 2 is 2.07 bits per heavy atom. The fourth-order valence-electron chi connectivity index (χ4n) is 1.17. The van der Waals surface area contributed by atoms with Crippen molar-refractivity contribution in [3.63, 3.8) is 0 Å². The van der Waals surface area contributed by atoms with E-state index in [9.17, 15) is 9.90 Å². The number of carbonyl (C=O) groups excluding carboxylic acids is 1. The summed E-state index contributed by atoms with van der Waals surface area (Å²) in [6.07, 6.45) is 3.06. The van der Waals surface area contributed by atoms with Gasteiger partial charge in [0, 0.05) is 5.56 Å². The predicted octanol–water partition coefficient (Wildman–Crippen LogP) is 2.20. The van der Waals surface area contributed by atoms with Gasteiger partial charge in [-0.1, -0.05) is 42.5 Å². The van der Waals surface area contributed by atoms with Crippen LogP contribution in [-0.4, -0.2) is 17.0 Å². The molecule has 1 aromatic carbocycles. The van der Waals surface area contributed by atoms with Gasteiger partial charge >= 0.3 is 0 Å². The van der Waals surface area contributed by atoms with Crippen molar-refractivity contribution in [1.82, 2.24) is 0 Å². The molecule has 0 spiro atoms. The Morgan fingerprint density at radius 3 is 2.64 bits per heavy atom. The van der Waals surface area contributed by atoms with Gasteiger partial charge in [0.25, 0.3) is 0 Å². The SMILES string of the molecule is CC=CCC(O)C(=O)c1ccccc1. The lowest BCUT2D eigenvalue weighted by atomic mass is 10.0. The Balaban J connectivity index is 2.66. The number of rotatable bonds is 4. The van der Waals surface area contributed by atoms with Crippen molar-refractivity contribution < 1.29 is 9.90 Å². The first-order valence-corrected chi connectivity index (χ1v) is 4.64. The molecule has 0 fully saturated rings. The van der Waals surface area contributed by atoms with Gasteiger partial charge in [0.1, 0.15) is 6.10 Å². The molecule has 1 atom stereocenters. The van der Waals surface area contributed by atoms with E-state index in [1.54, 1.807) is 30.3 Å². The third kappa shape index (κ3) is 2.82. The summed E-state index contributed by atoms with van der Waals surface area (Å²) < 4.78 is 0. The van der Waals surface area contributed by atoms with Crippen molar-refractivity contribution in [3.05, 3.63) is 48.0 Å². The number of allylic oxidation sites excluding steroid dienone is 1. The molecule has 74 valence electrons. The highest BCUT2D eigenvalue weighted by molar-refractivity contribution is 5.99. The fourth-order valence-corrected chi connectivity index (χ4v) is 1.17. The van der Waals surface area contributed by atoms with Crippen molar-refractivity contribution in [3.8, 4) is 0 Å². The number of carbonyl (C=O) groups is 1. The Labute approximate surface area is 83.9 Å². The molecule has 0 aromatic heterocycles. The van der Waals surface area contributed by atoms with Crippen LogP contribution in [-0.2, 0) is 0 Å². The molecule has 0 aliphatic rings. The Morgan fingerprint density at radius 1 is 1.43 bits per heavy atom. The monoisotopic (exact) mass is 190 g/mol. The number of aliphatic hydroxyl groups excluding tert-OH is 1. The lowest BCUT2D eigenvalue weighted by molar-refractivity contribution is 0.0753. The minimum absolute atomic E-state index is 0.219. The number of hydrogen-bond acceptors (Lipinski definition) is 2. The van der Waals surface area contributed by atoms with Crippen LogP contribution in [0, 0.1) is 0 Å². The van der Waals surface area contributed by atoms with E-state index in [-0.39, 0.29) is 5.78 Å². The average molecular weight is 190 g/mol. The first-order valence-electron chi connectivity index (χ1n) is 4.64. The zero-order valence-electron chi connectivity index (χ0n) is 8.18. The van der Waals surface area contributed by atoms with Gasteiger partial charge in [0.2, 0.25) is 0 Å². The van der Waals surface area contributed by atoms with Gasteiger partial charge in [-0.15, -0.1) is 0 Å². The highest BCUT2D eigenvalue weighted by Crippen LogP contribution is 2.06. The summed E-state index contributed by atoms with van der Waals surface area (Å²) in [5, 5.41) is 9.50. The molecule has 1 aromatic rings. The third-order valence-electron chi connectivity index (χ3n) is 1.96. The molecule has 0 amide bonds. The van der Waals surface area contributed by atoms with Crippen molar-refractivity contribution in [1.29, 1.82) is 0 Å². The van der Waals surface area contributed by atoms with Crippen molar-refractivity contribution in [2.24, 2.45) is 0 Å².